The SMILES string of the molecule is [CH2]c1cc([N+](=O)[O-])c([N+](=O)[O-])c([N+](=O)[O-])c1. The van der Waals surface area contributed by atoms with Gasteiger partial charge in [-0.15, -0.1) is 0 Å². The second-order valence-corrected chi connectivity index (χ2v) is 2.75. The smallest absolute Gasteiger partial charge is 0.258 e. The maximum Gasteiger partial charge on any atom is 0.422 e. The quantitative estimate of drug-likeness (QED) is 0.568. The molecule has 0 aliphatic rings. The summed E-state index contributed by atoms with van der Waals surface area (Å²) in [6.45, 7) is 3.28. The maximum absolute atomic E-state index is 10.5. The molecule has 0 unspecified atom stereocenters. The predicted molar refractivity (Wildman–Crippen MR) is 50.9 cm³/mol. The first kappa shape index (κ1) is 11.5. The molecule has 0 amide bonds. The van der Waals surface area contributed by atoms with Crippen LogP contribution in [0.5, 0.6) is 0 Å². The molecule has 16 heavy (non-hydrogen) atoms. The molecule has 0 atom stereocenters. The Morgan fingerprint density at radius 2 is 1.25 bits per heavy atom. The third-order valence-electron chi connectivity index (χ3n) is 1.71. The first-order valence-corrected chi connectivity index (χ1v) is 3.77. The molecule has 9 nitrogen and oxygen atoms in total. The van der Waals surface area contributed by atoms with Crippen molar-refractivity contribution in [2.45, 2.75) is 0 Å². The lowest BCUT2D eigenvalue weighted by molar-refractivity contribution is -0.441. The van der Waals surface area contributed by atoms with Crippen molar-refractivity contribution in [2.24, 2.45) is 0 Å². The summed E-state index contributed by atoms with van der Waals surface area (Å²) >= 11 is 0. The van der Waals surface area contributed by atoms with Gasteiger partial charge in [0.05, 0.1) is 14.8 Å². The molecule has 1 radical (unpaired) electrons. The van der Waals surface area contributed by atoms with E-state index in [9.17, 15) is 30.3 Å². The van der Waals surface area contributed by atoms with Gasteiger partial charge in [-0.1, -0.05) is 0 Å². The normalized spacial score (nSPS) is 9.81. The molecule has 0 aliphatic carbocycles. The van der Waals surface area contributed by atoms with Gasteiger partial charge in [-0.3, -0.25) is 30.3 Å². The third-order valence-corrected chi connectivity index (χ3v) is 1.71. The van der Waals surface area contributed by atoms with Crippen LogP contribution in [0.4, 0.5) is 17.1 Å². The molecule has 0 aromatic heterocycles. The minimum absolute atomic E-state index is 0.0380. The topological polar surface area (TPSA) is 129 Å². The molecule has 0 aliphatic heterocycles. The van der Waals surface area contributed by atoms with Crippen LogP contribution in [0.2, 0.25) is 0 Å². The minimum Gasteiger partial charge on any atom is -0.258 e. The summed E-state index contributed by atoms with van der Waals surface area (Å²) in [4.78, 5) is 28.3. The van der Waals surface area contributed by atoms with Crippen molar-refractivity contribution >= 4 is 17.1 Å². The van der Waals surface area contributed by atoms with E-state index in [1.807, 2.05) is 0 Å². The number of benzene rings is 1. The van der Waals surface area contributed by atoms with Crippen LogP contribution < -0.4 is 0 Å². The Hall–Kier alpha value is -2.58. The largest absolute Gasteiger partial charge is 0.422 e. The minimum atomic E-state index is -1.16. The van der Waals surface area contributed by atoms with Gasteiger partial charge >= 0.3 is 17.1 Å². The standard InChI is InChI=1S/C7H4N3O6/c1-4-2-5(8(11)12)7(10(15)16)6(3-4)9(13)14/h2-3H,1H2. The lowest BCUT2D eigenvalue weighted by atomic mass is 10.1. The zero-order valence-electron chi connectivity index (χ0n) is 7.65. The number of nitro benzene ring substituents is 3. The zero-order valence-corrected chi connectivity index (χ0v) is 7.65. The van der Waals surface area contributed by atoms with Gasteiger partial charge in [0.25, 0.3) is 0 Å². The Morgan fingerprint density at radius 1 is 0.875 bits per heavy atom. The summed E-state index contributed by atoms with van der Waals surface area (Å²) in [6.07, 6.45) is 0. The second kappa shape index (κ2) is 3.88. The van der Waals surface area contributed by atoms with E-state index in [1.165, 1.54) is 0 Å². The molecule has 0 fully saturated rings. The second-order valence-electron chi connectivity index (χ2n) is 2.75. The average Bonchev–Trinajstić information content (AvgIpc) is 2.15. The van der Waals surface area contributed by atoms with Crippen LogP contribution in [0.25, 0.3) is 0 Å². The third kappa shape index (κ3) is 1.92. The van der Waals surface area contributed by atoms with E-state index in [2.05, 4.69) is 6.92 Å². The number of nitrogens with zero attached hydrogens (tertiary/aromatic N) is 3. The first-order valence-electron chi connectivity index (χ1n) is 3.77. The highest BCUT2D eigenvalue weighted by Crippen LogP contribution is 2.36. The molecule has 0 saturated carbocycles. The molecular weight excluding hydrogens is 222 g/mol. The number of nitro groups is 3. The predicted octanol–water partition coefficient (Wildman–Crippen LogP) is 1.59. The fourth-order valence-electron chi connectivity index (χ4n) is 1.13. The summed E-state index contributed by atoms with van der Waals surface area (Å²) in [7, 11) is 0. The van der Waals surface area contributed by atoms with Crippen LogP contribution >= 0.6 is 0 Å². The average molecular weight is 226 g/mol. The van der Waals surface area contributed by atoms with Crippen molar-refractivity contribution in [3.05, 3.63) is 55.0 Å². The highest BCUT2D eigenvalue weighted by Gasteiger charge is 2.35. The molecule has 0 spiro atoms. The molecule has 1 aromatic carbocycles. The van der Waals surface area contributed by atoms with Gasteiger partial charge in [-0.2, -0.15) is 0 Å². The van der Waals surface area contributed by atoms with Crippen LogP contribution in [-0.2, 0) is 0 Å². The van der Waals surface area contributed by atoms with E-state index in [0.717, 1.165) is 12.1 Å². The Balaban J connectivity index is 3.67. The van der Waals surface area contributed by atoms with Gasteiger partial charge < -0.3 is 0 Å². The van der Waals surface area contributed by atoms with E-state index in [1.54, 1.807) is 0 Å². The van der Waals surface area contributed by atoms with Crippen LogP contribution in [0.1, 0.15) is 5.56 Å². The van der Waals surface area contributed by atoms with Crippen molar-refractivity contribution in [3.8, 4) is 0 Å². The van der Waals surface area contributed by atoms with E-state index in [-0.39, 0.29) is 5.56 Å². The van der Waals surface area contributed by atoms with Crippen molar-refractivity contribution in [1.29, 1.82) is 0 Å². The Morgan fingerprint density at radius 3 is 1.50 bits per heavy atom. The molecule has 9 heteroatoms. The van der Waals surface area contributed by atoms with Crippen LogP contribution in [0.15, 0.2) is 12.1 Å². The van der Waals surface area contributed by atoms with Crippen LogP contribution in [0.3, 0.4) is 0 Å². The molecule has 0 N–H and O–H groups in total. The number of rotatable bonds is 3. The fraction of sp³-hybridized carbons (Fsp3) is 0. The molecule has 1 aromatic rings. The van der Waals surface area contributed by atoms with Crippen LogP contribution in [-0.4, -0.2) is 14.8 Å². The van der Waals surface area contributed by atoms with Crippen molar-refractivity contribution in [1.82, 2.24) is 0 Å². The van der Waals surface area contributed by atoms with E-state index < -0.39 is 31.8 Å². The highest BCUT2D eigenvalue weighted by molar-refractivity contribution is 5.67. The molecule has 0 bridgehead atoms. The van der Waals surface area contributed by atoms with Crippen molar-refractivity contribution in [3.63, 3.8) is 0 Å². The number of hydrogen-bond donors (Lipinski definition) is 0. The van der Waals surface area contributed by atoms with Crippen molar-refractivity contribution in [2.75, 3.05) is 0 Å². The lowest BCUT2D eigenvalue weighted by Gasteiger charge is -1.98. The lowest BCUT2D eigenvalue weighted by Crippen LogP contribution is -2.02. The van der Waals surface area contributed by atoms with Gasteiger partial charge in [0.2, 0.25) is 0 Å². The van der Waals surface area contributed by atoms with E-state index in [4.69, 9.17) is 0 Å². The summed E-state index contributed by atoms with van der Waals surface area (Å²) in [6, 6.07) is 1.62. The summed E-state index contributed by atoms with van der Waals surface area (Å²) in [5.41, 5.74) is -3.06. The van der Waals surface area contributed by atoms with E-state index >= 15 is 0 Å². The Kier molecular flexibility index (Phi) is 2.79. The van der Waals surface area contributed by atoms with Gasteiger partial charge in [-0.05, 0) is 12.5 Å². The van der Waals surface area contributed by atoms with Gasteiger partial charge in [-0.25, -0.2) is 0 Å². The molecular formula is C7H4N3O6. The summed E-state index contributed by atoms with van der Waals surface area (Å²) in [5, 5.41) is 31.5. The van der Waals surface area contributed by atoms with Gasteiger partial charge in [0.1, 0.15) is 0 Å². The van der Waals surface area contributed by atoms with Gasteiger partial charge in [0.15, 0.2) is 0 Å². The van der Waals surface area contributed by atoms with E-state index in [0.29, 0.717) is 0 Å². The molecule has 0 saturated heterocycles. The van der Waals surface area contributed by atoms with Gasteiger partial charge in [0, 0.05) is 12.1 Å². The summed E-state index contributed by atoms with van der Waals surface area (Å²) in [5.74, 6) is 0. The number of hydrogen-bond acceptors (Lipinski definition) is 6. The molecule has 0 heterocycles. The fourth-order valence-corrected chi connectivity index (χ4v) is 1.13. The van der Waals surface area contributed by atoms with Crippen molar-refractivity contribution < 1.29 is 14.8 Å². The monoisotopic (exact) mass is 226 g/mol. The van der Waals surface area contributed by atoms with Crippen LogP contribution in [0, 0.1) is 37.3 Å². The summed E-state index contributed by atoms with van der Waals surface area (Å²) < 4.78 is 0. The first-order chi connectivity index (χ1) is 7.34. The molecule has 83 valence electrons. The Bertz CT molecular complexity index is 462. The Labute approximate surface area is 87.8 Å². The highest BCUT2D eigenvalue weighted by atomic mass is 16.6. The zero-order chi connectivity index (χ0) is 12.5. The maximum atomic E-state index is 10.5. The molecule has 1 rings (SSSR count).